The van der Waals surface area contributed by atoms with Crippen molar-refractivity contribution in [3.05, 3.63) is 29.3 Å². The summed E-state index contributed by atoms with van der Waals surface area (Å²) < 4.78 is 10.8. The van der Waals surface area contributed by atoms with Crippen molar-refractivity contribution in [3.8, 4) is 5.75 Å². The van der Waals surface area contributed by atoms with E-state index in [4.69, 9.17) is 9.39 Å². The van der Waals surface area contributed by atoms with Crippen molar-refractivity contribution in [2.24, 2.45) is 11.8 Å². The second-order valence-corrected chi connectivity index (χ2v) is 6.38. The molecule has 1 aromatic carbocycles. The van der Waals surface area contributed by atoms with Crippen molar-refractivity contribution < 1.29 is 24.0 Å². The summed E-state index contributed by atoms with van der Waals surface area (Å²) in [5, 5.41) is 10.3. The molecule has 0 spiro atoms. The van der Waals surface area contributed by atoms with Gasteiger partial charge in [-0.3, -0.25) is 4.79 Å². The van der Waals surface area contributed by atoms with Crippen LogP contribution in [-0.4, -0.2) is 30.5 Å². The lowest BCUT2D eigenvalue weighted by molar-refractivity contribution is -0.112. The minimum Gasteiger partial charge on any atom is -0.535 e. The van der Waals surface area contributed by atoms with E-state index in [9.17, 15) is 14.6 Å². The number of Topliss-reactive ketones (excluding diaryl/α,β-unsaturated/α-hetero) is 1. The van der Waals surface area contributed by atoms with E-state index in [1.54, 1.807) is 12.1 Å². The summed E-state index contributed by atoms with van der Waals surface area (Å²) in [6, 6.07) is 5.30. The second kappa shape index (κ2) is 7.36. The zero-order valence-corrected chi connectivity index (χ0v) is 14.2. The highest BCUT2D eigenvalue weighted by Gasteiger charge is 2.56. The fourth-order valence-corrected chi connectivity index (χ4v) is 3.27. The number of carbonyl (C=O) groups excluding carboxylic acids is 2. The lowest BCUT2D eigenvalue weighted by Gasteiger charge is -2.28. The van der Waals surface area contributed by atoms with Crippen molar-refractivity contribution in [1.29, 1.82) is 0 Å². The Morgan fingerprint density at radius 3 is 2.79 bits per heavy atom. The fourth-order valence-electron chi connectivity index (χ4n) is 3.27. The SMILES string of the molecule is CCCCOC(=O)c1cccc2c1OB(O)C(C1C(=O)C1C)C2.N. The third-order valence-corrected chi connectivity index (χ3v) is 4.78. The monoisotopic (exact) mass is 333 g/mol. The molecule has 3 atom stereocenters. The van der Waals surface area contributed by atoms with E-state index >= 15 is 0 Å². The van der Waals surface area contributed by atoms with Gasteiger partial charge >= 0.3 is 13.1 Å². The van der Waals surface area contributed by atoms with Gasteiger partial charge in [-0.25, -0.2) is 4.79 Å². The molecule has 1 aliphatic heterocycles. The van der Waals surface area contributed by atoms with Gasteiger partial charge in [-0.2, -0.15) is 0 Å². The predicted octanol–water partition coefficient (Wildman–Crippen LogP) is 2.43. The molecular weight excluding hydrogens is 309 g/mol. The average molecular weight is 333 g/mol. The smallest absolute Gasteiger partial charge is 0.527 e. The maximum absolute atomic E-state index is 12.2. The summed E-state index contributed by atoms with van der Waals surface area (Å²) in [6.45, 7) is 4.27. The molecule has 3 unspecified atom stereocenters. The molecule has 1 heterocycles. The van der Waals surface area contributed by atoms with E-state index in [2.05, 4.69) is 0 Å². The van der Waals surface area contributed by atoms with E-state index in [1.807, 2.05) is 19.9 Å². The van der Waals surface area contributed by atoms with Crippen LogP contribution >= 0.6 is 0 Å². The van der Waals surface area contributed by atoms with Crippen LogP contribution in [0.25, 0.3) is 0 Å². The van der Waals surface area contributed by atoms with Crippen molar-refractivity contribution in [2.45, 2.75) is 38.9 Å². The Kier molecular flexibility index (Phi) is 5.67. The molecule has 0 bridgehead atoms. The van der Waals surface area contributed by atoms with Gasteiger partial charge < -0.3 is 20.6 Å². The van der Waals surface area contributed by atoms with Crippen molar-refractivity contribution in [1.82, 2.24) is 6.15 Å². The first-order chi connectivity index (χ1) is 11.0. The van der Waals surface area contributed by atoms with Crippen LogP contribution < -0.4 is 10.8 Å². The Morgan fingerprint density at radius 2 is 2.17 bits per heavy atom. The molecule has 3 rings (SSSR count). The Hall–Kier alpha value is -1.86. The Balaban J connectivity index is 0.00000208. The lowest BCUT2D eigenvalue weighted by atomic mass is 9.63. The van der Waals surface area contributed by atoms with Gasteiger partial charge in [0.05, 0.1) is 6.61 Å². The van der Waals surface area contributed by atoms with Crippen LogP contribution in [-0.2, 0) is 16.0 Å². The standard InChI is InChI=1S/C17H21BO5.H3N/c1-3-4-8-22-17(20)12-7-5-6-11-9-13(14-10(2)15(14)19)18(21)23-16(11)12;/h5-7,10,13-14,21H,3-4,8-9H2,1-2H3;1H3. The highest BCUT2D eigenvalue weighted by atomic mass is 16.5. The highest BCUT2D eigenvalue weighted by molar-refractivity contribution is 6.47. The van der Waals surface area contributed by atoms with Crippen LogP contribution in [0.5, 0.6) is 5.75 Å². The van der Waals surface area contributed by atoms with Crippen LogP contribution in [0.4, 0.5) is 0 Å². The minimum atomic E-state index is -1.06. The summed E-state index contributed by atoms with van der Waals surface area (Å²) in [7, 11) is -1.06. The molecule has 2 aliphatic rings. The van der Waals surface area contributed by atoms with Gasteiger partial charge in [0.15, 0.2) is 0 Å². The molecule has 0 aromatic heterocycles. The molecule has 0 radical (unpaired) electrons. The van der Waals surface area contributed by atoms with Gasteiger partial charge in [0.1, 0.15) is 17.1 Å². The van der Waals surface area contributed by atoms with Crippen LogP contribution in [0.15, 0.2) is 18.2 Å². The summed E-state index contributed by atoms with van der Waals surface area (Å²) in [5.74, 6) is -0.261. The lowest BCUT2D eigenvalue weighted by Crippen LogP contribution is -2.36. The van der Waals surface area contributed by atoms with Crippen molar-refractivity contribution in [2.75, 3.05) is 6.61 Å². The van der Waals surface area contributed by atoms with Gasteiger partial charge in [0.25, 0.3) is 0 Å². The number of hydrogen-bond acceptors (Lipinski definition) is 6. The molecule has 4 N–H and O–H groups in total. The molecule has 1 aromatic rings. The van der Waals surface area contributed by atoms with Crippen molar-refractivity contribution in [3.63, 3.8) is 0 Å². The number of benzene rings is 1. The summed E-state index contributed by atoms with van der Waals surface area (Å²) in [4.78, 5) is 23.8. The first kappa shape index (κ1) is 18.5. The van der Waals surface area contributed by atoms with E-state index < -0.39 is 13.1 Å². The fraction of sp³-hybridized carbons (Fsp3) is 0.529. The third-order valence-electron chi connectivity index (χ3n) is 4.78. The quantitative estimate of drug-likeness (QED) is 0.487. The average Bonchev–Trinajstić information content (AvgIpc) is 3.13. The number of para-hydroxylation sites is 1. The minimum absolute atomic E-state index is 0. The molecule has 1 fully saturated rings. The Morgan fingerprint density at radius 1 is 1.46 bits per heavy atom. The molecule has 130 valence electrons. The van der Waals surface area contributed by atoms with Crippen LogP contribution in [0.2, 0.25) is 5.82 Å². The molecule has 1 saturated carbocycles. The Labute approximate surface area is 142 Å². The molecule has 6 nitrogen and oxygen atoms in total. The van der Waals surface area contributed by atoms with Crippen LogP contribution in [0, 0.1) is 11.8 Å². The number of carbonyl (C=O) groups is 2. The van der Waals surface area contributed by atoms with E-state index in [0.29, 0.717) is 24.3 Å². The number of hydrogen-bond donors (Lipinski definition) is 2. The number of esters is 1. The molecule has 1 aliphatic carbocycles. The maximum Gasteiger partial charge on any atom is 0.527 e. The summed E-state index contributed by atoms with van der Waals surface area (Å²) >= 11 is 0. The summed E-state index contributed by atoms with van der Waals surface area (Å²) in [5.41, 5.74) is 1.18. The van der Waals surface area contributed by atoms with Gasteiger partial charge in [0.2, 0.25) is 0 Å². The van der Waals surface area contributed by atoms with Gasteiger partial charge in [-0.05, 0) is 24.5 Å². The van der Waals surface area contributed by atoms with Gasteiger partial charge in [0, 0.05) is 17.7 Å². The maximum atomic E-state index is 12.2. The Bertz CT molecular complexity index is 635. The summed E-state index contributed by atoms with van der Waals surface area (Å²) in [6.07, 6.45) is 2.30. The topological polar surface area (TPSA) is 108 Å². The number of rotatable bonds is 5. The number of fused-ring (bicyclic) bond motifs is 1. The molecule has 24 heavy (non-hydrogen) atoms. The zero-order valence-electron chi connectivity index (χ0n) is 14.2. The van der Waals surface area contributed by atoms with Crippen LogP contribution in [0.3, 0.4) is 0 Å². The first-order valence-corrected chi connectivity index (χ1v) is 8.22. The zero-order chi connectivity index (χ0) is 16.6. The third kappa shape index (κ3) is 3.32. The van der Waals surface area contributed by atoms with Gasteiger partial charge in [-0.1, -0.05) is 32.4 Å². The normalized spacial score (nSPS) is 24.5. The molecule has 0 amide bonds. The number of ketones is 1. The van der Waals surface area contributed by atoms with E-state index in [1.165, 1.54) is 0 Å². The predicted molar refractivity (Wildman–Crippen MR) is 90.4 cm³/mol. The second-order valence-electron chi connectivity index (χ2n) is 6.38. The molecular formula is C17H24BNO5. The molecule has 0 saturated heterocycles. The molecule has 7 heteroatoms. The number of unbranched alkanes of at least 4 members (excludes halogenated alkanes) is 1. The van der Waals surface area contributed by atoms with Crippen molar-refractivity contribution >= 4 is 18.9 Å². The first-order valence-electron chi connectivity index (χ1n) is 8.22. The van der Waals surface area contributed by atoms with Gasteiger partial charge in [-0.15, -0.1) is 0 Å². The van der Waals surface area contributed by atoms with Crippen LogP contribution in [0.1, 0.15) is 42.6 Å². The highest BCUT2D eigenvalue weighted by Crippen LogP contribution is 2.48. The number of ether oxygens (including phenoxy) is 1. The van der Waals surface area contributed by atoms with E-state index in [-0.39, 0.29) is 29.6 Å². The van der Waals surface area contributed by atoms with E-state index in [0.717, 1.165) is 18.4 Å². The largest absolute Gasteiger partial charge is 0.535 e.